The fourth-order valence-electron chi connectivity index (χ4n) is 2.57. The number of rotatable bonds is 3. The zero-order valence-corrected chi connectivity index (χ0v) is 12.1. The first-order valence-electron chi connectivity index (χ1n) is 6.88. The second-order valence-electron chi connectivity index (χ2n) is 5.10. The summed E-state index contributed by atoms with van der Waals surface area (Å²) < 4.78 is 10.5. The van der Waals surface area contributed by atoms with Crippen LogP contribution in [-0.4, -0.2) is 27.3 Å². The Labute approximate surface area is 125 Å². The van der Waals surface area contributed by atoms with Crippen molar-refractivity contribution in [1.29, 1.82) is 0 Å². The molecule has 0 N–H and O–H groups in total. The maximum Gasteiger partial charge on any atom is 0.237 e. The lowest BCUT2D eigenvalue weighted by molar-refractivity contribution is 0.419. The molecular formula is C15H13N5O2. The van der Waals surface area contributed by atoms with E-state index < -0.39 is 0 Å². The summed E-state index contributed by atoms with van der Waals surface area (Å²) in [4.78, 5) is 10.4. The van der Waals surface area contributed by atoms with E-state index in [1.807, 2.05) is 30.1 Å². The second-order valence-corrected chi connectivity index (χ2v) is 5.10. The molecule has 0 aliphatic carbocycles. The Bertz CT molecular complexity index is 945. The van der Waals surface area contributed by atoms with Crippen LogP contribution in [0.25, 0.3) is 22.1 Å². The van der Waals surface area contributed by atoms with Crippen LogP contribution in [0.1, 0.15) is 18.5 Å². The van der Waals surface area contributed by atoms with Crippen molar-refractivity contribution < 1.29 is 9.05 Å². The highest BCUT2D eigenvalue weighted by Gasteiger charge is 2.21. The fraction of sp³-hybridized carbons (Fsp3) is 0.200. The monoisotopic (exact) mass is 295 g/mol. The van der Waals surface area contributed by atoms with Crippen LogP contribution in [-0.2, 0) is 0 Å². The highest BCUT2D eigenvalue weighted by atomic mass is 16.5. The van der Waals surface area contributed by atoms with E-state index >= 15 is 0 Å². The predicted molar refractivity (Wildman–Crippen MR) is 80.4 cm³/mol. The van der Waals surface area contributed by atoms with Crippen molar-refractivity contribution in [3.8, 4) is 0 Å². The second kappa shape index (κ2) is 4.80. The van der Waals surface area contributed by atoms with E-state index in [-0.39, 0.29) is 6.04 Å². The van der Waals surface area contributed by atoms with Crippen LogP contribution < -0.4 is 4.90 Å². The van der Waals surface area contributed by atoms with Crippen LogP contribution in [0.2, 0.25) is 0 Å². The third-order valence-corrected chi connectivity index (χ3v) is 3.90. The molecule has 0 aliphatic rings. The van der Waals surface area contributed by atoms with Crippen LogP contribution in [0.3, 0.4) is 0 Å². The van der Waals surface area contributed by atoms with Crippen molar-refractivity contribution in [3.63, 3.8) is 0 Å². The Morgan fingerprint density at radius 1 is 1.05 bits per heavy atom. The van der Waals surface area contributed by atoms with Crippen LogP contribution in [0, 0.1) is 0 Å². The molecule has 0 fully saturated rings. The number of hydrogen-bond acceptors (Lipinski definition) is 7. The first-order chi connectivity index (χ1) is 10.8. The van der Waals surface area contributed by atoms with Gasteiger partial charge in [0, 0.05) is 19.4 Å². The molecule has 0 spiro atoms. The van der Waals surface area contributed by atoms with Gasteiger partial charge in [-0.05, 0) is 30.7 Å². The summed E-state index contributed by atoms with van der Waals surface area (Å²) in [5.41, 5.74) is 2.26. The minimum atomic E-state index is 0.0289. The molecule has 0 radical (unpaired) electrons. The van der Waals surface area contributed by atoms with Gasteiger partial charge in [0.15, 0.2) is 0 Å². The number of anilines is 1. The summed E-state index contributed by atoms with van der Waals surface area (Å²) in [6.07, 6.45) is 5.04. The average Bonchev–Trinajstić information content (AvgIpc) is 3.19. The maximum atomic E-state index is 5.47. The SMILES string of the molecule is CC(c1ccnc2nocc12)N(C)c1onc2ncccc12. The number of fused-ring (bicyclic) bond motifs is 2. The molecule has 4 aromatic rings. The van der Waals surface area contributed by atoms with E-state index in [0.717, 1.165) is 16.3 Å². The molecule has 1 atom stereocenters. The van der Waals surface area contributed by atoms with Crippen LogP contribution in [0.4, 0.5) is 5.88 Å². The van der Waals surface area contributed by atoms with Gasteiger partial charge in [-0.2, -0.15) is 0 Å². The molecule has 4 rings (SSSR count). The van der Waals surface area contributed by atoms with Crippen LogP contribution >= 0.6 is 0 Å². The van der Waals surface area contributed by atoms with E-state index in [1.165, 1.54) is 0 Å². The summed E-state index contributed by atoms with van der Waals surface area (Å²) in [5.74, 6) is 0.678. The summed E-state index contributed by atoms with van der Waals surface area (Å²) in [6.45, 7) is 2.08. The van der Waals surface area contributed by atoms with Crippen molar-refractivity contribution in [1.82, 2.24) is 20.3 Å². The first kappa shape index (κ1) is 12.8. The van der Waals surface area contributed by atoms with Crippen LogP contribution in [0.15, 0.2) is 45.9 Å². The van der Waals surface area contributed by atoms with Gasteiger partial charge in [0.2, 0.25) is 17.2 Å². The van der Waals surface area contributed by atoms with Crippen molar-refractivity contribution >= 4 is 28.0 Å². The third kappa shape index (κ3) is 1.82. The molecular weight excluding hydrogens is 282 g/mol. The minimum absolute atomic E-state index is 0.0289. The van der Waals surface area contributed by atoms with Gasteiger partial charge >= 0.3 is 0 Å². The molecule has 0 saturated heterocycles. The average molecular weight is 295 g/mol. The molecule has 1 unspecified atom stereocenters. The highest BCUT2D eigenvalue weighted by molar-refractivity contribution is 5.86. The van der Waals surface area contributed by atoms with Gasteiger partial charge < -0.3 is 13.9 Å². The zero-order valence-electron chi connectivity index (χ0n) is 12.1. The largest absolute Gasteiger partial charge is 0.362 e. The van der Waals surface area contributed by atoms with Gasteiger partial charge in [-0.15, -0.1) is 0 Å². The van der Waals surface area contributed by atoms with Crippen molar-refractivity contribution in [3.05, 3.63) is 42.4 Å². The lowest BCUT2D eigenvalue weighted by atomic mass is 10.1. The van der Waals surface area contributed by atoms with E-state index in [9.17, 15) is 0 Å². The maximum absolute atomic E-state index is 5.47. The molecule has 110 valence electrons. The molecule has 7 heteroatoms. The van der Waals surface area contributed by atoms with Crippen molar-refractivity contribution in [2.75, 3.05) is 11.9 Å². The van der Waals surface area contributed by atoms with E-state index in [2.05, 4.69) is 27.2 Å². The van der Waals surface area contributed by atoms with Gasteiger partial charge in [-0.3, -0.25) is 0 Å². The van der Waals surface area contributed by atoms with Gasteiger partial charge in [0.05, 0.1) is 16.8 Å². The Morgan fingerprint density at radius 3 is 2.77 bits per heavy atom. The smallest absolute Gasteiger partial charge is 0.237 e. The molecule has 0 saturated carbocycles. The Balaban J connectivity index is 1.79. The number of nitrogens with zero attached hydrogens (tertiary/aromatic N) is 5. The fourth-order valence-corrected chi connectivity index (χ4v) is 2.57. The molecule has 0 aliphatic heterocycles. The molecule has 0 aromatic carbocycles. The number of hydrogen-bond donors (Lipinski definition) is 0. The van der Waals surface area contributed by atoms with Gasteiger partial charge in [0.25, 0.3) is 0 Å². The molecule has 0 amide bonds. The van der Waals surface area contributed by atoms with Crippen molar-refractivity contribution in [2.24, 2.45) is 0 Å². The van der Waals surface area contributed by atoms with Gasteiger partial charge in [0.1, 0.15) is 6.26 Å². The molecule has 0 bridgehead atoms. The first-order valence-corrected chi connectivity index (χ1v) is 6.88. The standard InChI is InChI=1S/C15H13N5O2/c1-9(10-5-7-17-14-12(10)8-21-18-14)20(2)15-11-4-3-6-16-13(11)19-22-15/h3-9H,1-2H3. The molecule has 4 heterocycles. The summed E-state index contributed by atoms with van der Waals surface area (Å²) in [7, 11) is 1.96. The molecule has 7 nitrogen and oxygen atoms in total. The highest BCUT2D eigenvalue weighted by Crippen LogP contribution is 2.33. The lowest BCUT2D eigenvalue weighted by Gasteiger charge is -2.24. The van der Waals surface area contributed by atoms with Crippen LogP contribution in [0.5, 0.6) is 0 Å². The normalized spacial score (nSPS) is 12.8. The summed E-state index contributed by atoms with van der Waals surface area (Å²) in [6, 6.07) is 5.80. The topological polar surface area (TPSA) is 81.1 Å². The Hall–Kier alpha value is -2.96. The zero-order chi connectivity index (χ0) is 15.1. The van der Waals surface area contributed by atoms with Gasteiger partial charge in [-0.1, -0.05) is 10.3 Å². The quantitative estimate of drug-likeness (QED) is 0.574. The lowest BCUT2D eigenvalue weighted by Crippen LogP contribution is -2.21. The summed E-state index contributed by atoms with van der Waals surface area (Å²) in [5, 5.41) is 9.65. The van der Waals surface area contributed by atoms with Gasteiger partial charge in [-0.25, -0.2) is 9.97 Å². The summed E-state index contributed by atoms with van der Waals surface area (Å²) >= 11 is 0. The molecule has 4 aromatic heterocycles. The third-order valence-electron chi connectivity index (χ3n) is 3.90. The predicted octanol–water partition coefficient (Wildman–Crippen LogP) is 2.96. The van der Waals surface area contributed by atoms with Crippen molar-refractivity contribution in [2.45, 2.75) is 13.0 Å². The minimum Gasteiger partial charge on any atom is -0.362 e. The van der Waals surface area contributed by atoms with E-state index in [4.69, 9.17) is 9.05 Å². The van der Waals surface area contributed by atoms with E-state index in [0.29, 0.717) is 17.2 Å². The Kier molecular flexibility index (Phi) is 2.78. The molecule has 22 heavy (non-hydrogen) atoms. The van der Waals surface area contributed by atoms with E-state index in [1.54, 1.807) is 18.7 Å². The number of aromatic nitrogens is 4. The Morgan fingerprint density at radius 2 is 1.86 bits per heavy atom. The number of pyridine rings is 2.